The first-order valence-electron chi connectivity index (χ1n) is 9.41. The van der Waals surface area contributed by atoms with Crippen molar-refractivity contribution in [3.63, 3.8) is 0 Å². The fourth-order valence-electron chi connectivity index (χ4n) is 2.96. The highest BCUT2D eigenvalue weighted by molar-refractivity contribution is 6.22. The Labute approximate surface area is 168 Å². The maximum absolute atomic E-state index is 12.7. The van der Waals surface area contributed by atoms with Gasteiger partial charge >= 0.3 is 12.0 Å². The first-order chi connectivity index (χ1) is 13.7. The molecule has 0 aliphatic carbocycles. The molecule has 1 aromatic rings. The van der Waals surface area contributed by atoms with E-state index in [2.05, 4.69) is 5.32 Å². The average Bonchev–Trinajstić information content (AvgIpc) is 2.91. The molecule has 0 fully saturated rings. The van der Waals surface area contributed by atoms with Gasteiger partial charge in [0.05, 0.1) is 11.1 Å². The van der Waals surface area contributed by atoms with E-state index in [-0.39, 0.29) is 17.2 Å². The van der Waals surface area contributed by atoms with Crippen LogP contribution in [0.2, 0.25) is 0 Å². The number of imide groups is 2. The summed E-state index contributed by atoms with van der Waals surface area (Å²) in [6.07, 6.45) is 0.496. The molecule has 0 radical (unpaired) electrons. The Morgan fingerprint density at radius 2 is 1.59 bits per heavy atom. The third-order valence-corrected chi connectivity index (χ3v) is 4.55. The highest BCUT2D eigenvalue weighted by Gasteiger charge is 2.45. The number of nitrogens with one attached hydrogen (secondary N) is 2. The summed E-state index contributed by atoms with van der Waals surface area (Å²) in [5, 5.41) is 4.51. The second-order valence-corrected chi connectivity index (χ2v) is 7.14. The number of rotatable bonds is 7. The molecular weight excluding hydrogens is 378 g/mol. The van der Waals surface area contributed by atoms with Crippen molar-refractivity contribution in [1.82, 2.24) is 15.5 Å². The van der Waals surface area contributed by atoms with E-state index in [4.69, 9.17) is 4.74 Å². The molecule has 5 amide bonds. The molecule has 0 saturated carbocycles. The van der Waals surface area contributed by atoms with Crippen LogP contribution in [0.15, 0.2) is 24.3 Å². The predicted molar refractivity (Wildman–Crippen MR) is 103 cm³/mol. The fourth-order valence-corrected chi connectivity index (χ4v) is 2.96. The molecule has 0 spiro atoms. The van der Waals surface area contributed by atoms with E-state index >= 15 is 0 Å². The number of nitrogens with zero attached hydrogens (tertiary/aromatic N) is 1. The van der Waals surface area contributed by atoms with Crippen LogP contribution in [0.4, 0.5) is 4.79 Å². The fraction of sp³-hybridized carbons (Fsp3) is 0.450. The highest BCUT2D eigenvalue weighted by atomic mass is 16.5. The van der Waals surface area contributed by atoms with Crippen molar-refractivity contribution < 1.29 is 28.7 Å². The number of carbonyl (C=O) groups excluding carboxylic acids is 5. The van der Waals surface area contributed by atoms with Gasteiger partial charge in [0.25, 0.3) is 17.7 Å². The van der Waals surface area contributed by atoms with Crippen molar-refractivity contribution in [1.29, 1.82) is 0 Å². The predicted octanol–water partition coefficient (Wildman–Crippen LogP) is 1.47. The number of esters is 1. The minimum atomic E-state index is -1.18. The number of amides is 5. The Morgan fingerprint density at radius 1 is 1.03 bits per heavy atom. The summed E-state index contributed by atoms with van der Waals surface area (Å²) in [6, 6.07) is 4.26. The van der Waals surface area contributed by atoms with Gasteiger partial charge in [-0.15, -0.1) is 0 Å². The van der Waals surface area contributed by atoms with E-state index < -0.39 is 48.3 Å². The minimum absolute atomic E-state index is 0.172. The zero-order chi connectivity index (χ0) is 21.7. The first-order valence-corrected chi connectivity index (χ1v) is 9.41. The van der Waals surface area contributed by atoms with Gasteiger partial charge in [-0.3, -0.25) is 24.6 Å². The largest absolute Gasteiger partial charge is 0.454 e. The van der Waals surface area contributed by atoms with E-state index in [9.17, 15) is 24.0 Å². The molecule has 2 atom stereocenters. The van der Waals surface area contributed by atoms with Crippen molar-refractivity contribution in [2.45, 2.75) is 46.2 Å². The number of fused-ring (bicyclic) bond motifs is 1. The summed E-state index contributed by atoms with van der Waals surface area (Å²) in [5.74, 6) is -3.24. The van der Waals surface area contributed by atoms with Crippen LogP contribution in [-0.4, -0.2) is 53.3 Å². The monoisotopic (exact) mass is 403 g/mol. The number of hydrogen-bond donors (Lipinski definition) is 2. The lowest BCUT2D eigenvalue weighted by atomic mass is 9.97. The van der Waals surface area contributed by atoms with E-state index in [0.717, 1.165) is 4.90 Å². The summed E-state index contributed by atoms with van der Waals surface area (Å²) in [6.45, 7) is 6.27. The standard InChI is InChI=1S/C20H25N3O6/c1-5-12(4)16(19(27)29-10-15(24)22-20(28)21-11(2)3)23-17(25)13-8-6-7-9-14(13)18(23)26/h6-9,11-12,16H,5,10H2,1-4H3,(H2,21,22,24,28). The van der Waals surface area contributed by atoms with E-state index in [1.807, 2.05) is 12.2 Å². The van der Waals surface area contributed by atoms with Crippen LogP contribution >= 0.6 is 0 Å². The number of benzene rings is 1. The average molecular weight is 403 g/mol. The molecule has 9 heteroatoms. The van der Waals surface area contributed by atoms with Gasteiger partial charge in [0, 0.05) is 6.04 Å². The van der Waals surface area contributed by atoms with Gasteiger partial charge in [0.2, 0.25) is 0 Å². The lowest BCUT2D eigenvalue weighted by Gasteiger charge is -2.28. The molecule has 0 bridgehead atoms. The molecule has 0 saturated heterocycles. The highest BCUT2D eigenvalue weighted by Crippen LogP contribution is 2.28. The number of hydrogen-bond acceptors (Lipinski definition) is 6. The Bertz CT molecular complexity index is 800. The van der Waals surface area contributed by atoms with Gasteiger partial charge in [-0.05, 0) is 31.9 Å². The molecule has 156 valence electrons. The SMILES string of the molecule is CCC(C)C(C(=O)OCC(=O)NC(=O)NC(C)C)N1C(=O)c2ccccc2C1=O. The summed E-state index contributed by atoms with van der Waals surface area (Å²) >= 11 is 0. The third-order valence-electron chi connectivity index (χ3n) is 4.55. The van der Waals surface area contributed by atoms with Crippen LogP contribution in [0.3, 0.4) is 0 Å². The topological polar surface area (TPSA) is 122 Å². The first kappa shape index (κ1) is 22.1. The summed E-state index contributed by atoms with van der Waals surface area (Å²) in [5.41, 5.74) is 0.448. The van der Waals surface area contributed by atoms with Gasteiger partial charge in [-0.25, -0.2) is 9.59 Å². The molecule has 29 heavy (non-hydrogen) atoms. The molecule has 2 N–H and O–H groups in total. The van der Waals surface area contributed by atoms with Crippen LogP contribution in [-0.2, 0) is 14.3 Å². The minimum Gasteiger partial charge on any atom is -0.454 e. The molecule has 2 unspecified atom stereocenters. The van der Waals surface area contributed by atoms with Gasteiger partial charge in [0.1, 0.15) is 6.04 Å². The molecule has 0 aromatic heterocycles. The van der Waals surface area contributed by atoms with Gasteiger partial charge in [0.15, 0.2) is 6.61 Å². The zero-order valence-electron chi connectivity index (χ0n) is 16.9. The van der Waals surface area contributed by atoms with Crippen LogP contribution < -0.4 is 10.6 Å². The number of carbonyl (C=O) groups is 5. The van der Waals surface area contributed by atoms with Crippen molar-refractivity contribution in [2.75, 3.05) is 6.61 Å². The Morgan fingerprint density at radius 3 is 2.07 bits per heavy atom. The summed E-state index contributed by atoms with van der Waals surface area (Å²) in [7, 11) is 0. The maximum Gasteiger partial charge on any atom is 0.330 e. The van der Waals surface area contributed by atoms with Crippen molar-refractivity contribution in [2.24, 2.45) is 5.92 Å². The molecular formula is C20H25N3O6. The Kier molecular flexibility index (Phi) is 7.08. The maximum atomic E-state index is 12.7. The zero-order valence-corrected chi connectivity index (χ0v) is 16.9. The lowest BCUT2D eigenvalue weighted by molar-refractivity contribution is -0.153. The molecule has 9 nitrogen and oxygen atoms in total. The molecule has 1 aliphatic heterocycles. The summed E-state index contributed by atoms with van der Waals surface area (Å²) < 4.78 is 5.03. The molecule has 1 heterocycles. The van der Waals surface area contributed by atoms with Crippen LogP contribution in [0.25, 0.3) is 0 Å². The molecule has 2 rings (SSSR count). The van der Waals surface area contributed by atoms with Crippen LogP contribution in [0.1, 0.15) is 54.8 Å². The van der Waals surface area contributed by atoms with Crippen molar-refractivity contribution in [3.05, 3.63) is 35.4 Å². The Hall–Kier alpha value is -3.23. The van der Waals surface area contributed by atoms with Crippen molar-refractivity contribution >= 4 is 29.7 Å². The lowest BCUT2D eigenvalue weighted by Crippen LogP contribution is -2.50. The van der Waals surface area contributed by atoms with Crippen molar-refractivity contribution in [3.8, 4) is 0 Å². The quantitative estimate of drug-likeness (QED) is 0.525. The molecule has 1 aliphatic rings. The normalized spacial score (nSPS) is 15.0. The second kappa shape index (κ2) is 9.31. The molecule has 1 aromatic carbocycles. The summed E-state index contributed by atoms with van der Waals surface area (Å²) in [4.78, 5) is 62.4. The van der Waals surface area contributed by atoms with Gasteiger partial charge in [-0.1, -0.05) is 32.4 Å². The van der Waals surface area contributed by atoms with Gasteiger partial charge in [-0.2, -0.15) is 0 Å². The van der Waals surface area contributed by atoms with Gasteiger partial charge < -0.3 is 10.1 Å². The smallest absolute Gasteiger partial charge is 0.330 e. The third kappa shape index (κ3) is 4.98. The number of ether oxygens (including phenoxy) is 1. The van der Waals surface area contributed by atoms with E-state index in [1.54, 1.807) is 32.9 Å². The van der Waals surface area contributed by atoms with E-state index in [0.29, 0.717) is 6.42 Å². The Balaban J connectivity index is 2.10. The van der Waals surface area contributed by atoms with Crippen LogP contribution in [0, 0.1) is 5.92 Å². The van der Waals surface area contributed by atoms with Crippen LogP contribution in [0.5, 0.6) is 0 Å². The second-order valence-electron chi connectivity index (χ2n) is 7.14. The van der Waals surface area contributed by atoms with E-state index in [1.165, 1.54) is 12.1 Å². The number of urea groups is 1.